The van der Waals surface area contributed by atoms with Crippen LogP contribution < -0.4 is 0 Å². The first-order valence-corrected chi connectivity index (χ1v) is 4.31. The van der Waals surface area contributed by atoms with E-state index in [1.807, 2.05) is 25.1 Å². The summed E-state index contributed by atoms with van der Waals surface area (Å²) in [6.07, 6.45) is -0.500. The highest BCUT2D eigenvalue weighted by Gasteiger charge is 2.04. The van der Waals surface area contributed by atoms with Crippen LogP contribution in [0, 0.1) is 6.92 Å². The number of aromatic amines is 1. The number of aliphatic hydroxyl groups is 1. The summed E-state index contributed by atoms with van der Waals surface area (Å²) in [5, 5.41) is 9.32. The third-order valence-corrected chi connectivity index (χ3v) is 2.06. The van der Waals surface area contributed by atoms with Crippen LogP contribution in [0.2, 0.25) is 0 Å². The predicted octanol–water partition coefficient (Wildman–Crippen LogP) is 1.92. The van der Waals surface area contributed by atoms with Gasteiger partial charge in [-0.3, -0.25) is 0 Å². The van der Waals surface area contributed by atoms with Crippen molar-refractivity contribution in [2.45, 2.75) is 20.0 Å². The lowest BCUT2D eigenvalue weighted by molar-refractivity contribution is 0.195. The van der Waals surface area contributed by atoms with Crippen molar-refractivity contribution in [1.82, 2.24) is 9.97 Å². The lowest BCUT2D eigenvalue weighted by Crippen LogP contribution is -1.94. The first-order valence-electron chi connectivity index (χ1n) is 4.31. The van der Waals surface area contributed by atoms with E-state index in [2.05, 4.69) is 9.97 Å². The highest BCUT2D eigenvalue weighted by atomic mass is 16.3. The monoisotopic (exact) mass is 176 g/mol. The normalized spacial score (nSPS) is 13.5. The maximum atomic E-state index is 9.32. The molecule has 0 amide bonds. The standard InChI is InChI=1S/C10H12N2O/c1-6-5-10-9(11-6)4-3-8(12-10)7(2)13/h3-5,7,11,13H,1-2H3. The number of H-pyrrole nitrogens is 1. The Labute approximate surface area is 76.4 Å². The second-order valence-electron chi connectivity index (χ2n) is 3.30. The Morgan fingerprint density at radius 2 is 2.23 bits per heavy atom. The van der Waals surface area contributed by atoms with Gasteiger partial charge in [-0.2, -0.15) is 0 Å². The summed E-state index contributed by atoms with van der Waals surface area (Å²) >= 11 is 0. The molecule has 68 valence electrons. The average Bonchev–Trinajstić information content (AvgIpc) is 2.42. The minimum absolute atomic E-state index is 0.500. The van der Waals surface area contributed by atoms with Crippen LogP contribution in [0.4, 0.5) is 0 Å². The van der Waals surface area contributed by atoms with Crippen LogP contribution in [0.5, 0.6) is 0 Å². The molecule has 2 aromatic heterocycles. The van der Waals surface area contributed by atoms with Crippen LogP contribution in [-0.4, -0.2) is 15.1 Å². The van der Waals surface area contributed by atoms with Gasteiger partial charge in [0, 0.05) is 5.69 Å². The van der Waals surface area contributed by atoms with E-state index in [1.54, 1.807) is 6.92 Å². The number of nitrogens with one attached hydrogen (secondary N) is 1. The summed E-state index contributed by atoms with van der Waals surface area (Å²) in [4.78, 5) is 7.49. The molecule has 0 spiro atoms. The highest BCUT2D eigenvalue weighted by molar-refractivity contribution is 5.76. The fraction of sp³-hybridized carbons (Fsp3) is 0.300. The molecule has 3 heteroatoms. The molecule has 0 aliphatic heterocycles. The molecule has 0 aromatic carbocycles. The second kappa shape index (κ2) is 2.85. The molecule has 0 radical (unpaired) electrons. The molecular weight excluding hydrogens is 164 g/mol. The molecule has 0 saturated heterocycles. The van der Waals surface area contributed by atoms with E-state index >= 15 is 0 Å². The smallest absolute Gasteiger partial charge is 0.0932 e. The fourth-order valence-electron chi connectivity index (χ4n) is 1.39. The first-order chi connectivity index (χ1) is 6.16. The molecule has 0 saturated carbocycles. The Morgan fingerprint density at radius 3 is 2.92 bits per heavy atom. The summed E-state index contributed by atoms with van der Waals surface area (Å²) in [5.74, 6) is 0. The zero-order chi connectivity index (χ0) is 9.42. The number of nitrogens with zero attached hydrogens (tertiary/aromatic N) is 1. The molecule has 2 rings (SSSR count). The molecule has 2 heterocycles. The number of aryl methyl sites for hydroxylation is 1. The van der Waals surface area contributed by atoms with Crippen molar-refractivity contribution in [3.8, 4) is 0 Å². The lowest BCUT2D eigenvalue weighted by atomic mass is 10.2. The van der Waals surface area contributed by atoms with Gasteiger partial charge < -0.3 is 10.1 Å². The number of pyridine rings is 1. The quantitative estimate of drug-likeness (QED) is 0.697. The topological polar surface area (TPSA) is 48.9 Å². The van der Waals surface area contributed by atoms with Crippen molar-refractivity contribution in [3.63, 3.8) is 0 Å². The Hall–Kier alpha value is -1.35. The zero-order valence-electron chi connectivity index (χ0n) is 7.70. The zero-order valence-corrected chi connectivity index (χ0v) is 7.70. The van der Waals surface area contributed by atoms with Gasteiger partial charge in [-0.1, -0.05) is 0 Å². The molecule has 13 heavy (non-hydrogen) atoms. The number of fused-ring (bicyclic) bond motifs is 1. The van der Waals surface area contributed by atoms with Crippen LogP contribution in [0.15, 0.2) is 18.2 Å². The van der Waals surface area contributed by atoms with Gasteiger partial charge in [0.25, 0.3) is 0 Å². The van der Waals surface area contributed by atoms with Crippen molar-refractivity contribution < 1.29 is 5.11 Å². The van der Waals surface area contributed by atoms with E-state index < -0.39 is 6.10 Å². The van der Waals surface area contributed by atoms with Gasteiger partial charge in [-0.15, -0.1) is 0 Å². The number of hydrogen-bond donors (Lipinski definition) is 2. The summed E-state index contributed by atoms with van der Waals surface area (Å²) in [6, 6.07) is 5.75. The molecule has 3 nitrogen and oxygen atoms in total. The van der Waals surface area contributed by atoms with Crippen molar-refractivity contribution in [2.24, 2.45) is 0 Å². The summed E-state index contributed by atoms with van der Waals surface area (Å²) in [6.45, 7) is 3.71. The molecule has 2 N–H and O–H groups in total. The van der Waals surface area contributed by atoms with Crippen molar-refractivity contribution in [1.29, 1.82) is 0 Å². The summed E-state index contributed by atoms with van der Waals surface area (Å²) < 4.78 is 0. The average molecular weight is 176 g/mol. The SMILES string of the molecule is Cc1cc2nc(C(C)O)ccc2[nH]1. The molecular formula is C10H12N2O. The van der Waals surface area contributed by atoms with Crippen LogP contribution in [0.3, 0.4) is 0 Å². The van der Waals surface area contributed by atoms with E-state index in [0.717, 1.165) is 16.7 Å². The van der Waals surface area contributed by atoms with E-state index in [4.69, 9.17) is 0 Å². The van der Waals surface area contributed by atoms with Crippen molar-refractivity contribution in [2.75, 3.05) is 0 Å². The Balaban J connectivity index is 2.61. The first kappa shape index (κ1) is 8.26. The van der Waals surface area contributed by atoms with E-state index in [9.17, 15) is 5.11 Å². The maximum absolute atomic E-state index is 9.32. The highest BCUT2D eigenvalue weighted by Crippen LogP contribution is 2.16. The predicted molar refractivity (Wildman–Crippen MR) is 51.5 cm³/mol. The van der Waals surface area contributed by atoms with Crippen molar-refractivity contribution >= 4 is 11.0 Å². The van der Waals surface area contributed by atoms with Crippen LogP contribution in [-0.2, 0) is 0 Å². The molecule has 0 fully saturated rings. The van der Waals surface area contributed by atoms with E-state index in [0.29, 0.717) is 5.69 Å². The van der Waals surface area contributed by atoms with Gasteiger partial charge >= 0.3 is 0 Å². The Kier molecular flexibility index (Phi) is 1.81. The van der Waals surface area contributed by atoms with Crippen LogP contribution in [0.25, 0.3) is 11.0 Å². The molecule has 0 aliphatic rings. The molecule has 0 aliphatic carbocycles. The van der Waals surface area contributed by atoms with Gasteiger partial charge in [-0.25, -0.2) is 4.98 Å². The number of rotatable bonds is 1. The summed E-state index contributed by atoms with van der Waals surface area (Å²) in [7, 11) is 0. The van der Waals surface area contributed by atoms with Gasteiger partial charge in [0.2, 0.25) is 0 Å². The number of aromatic nitrogens is 2. The molecule has 0 bridgehead atoms. The number of aliphatic hydroxyl groups excluding tert-OH is 1. The van der Waals surface area contributed by atoms with E-state index in [1.165, 1.54) is 0 Å². The Bertz CT molecular complexity index is 431. The molecule has 2 aromatic rings. The van der Waals surface area contributed by atoms with E-state index in [-0.39, 0.29) is 0 Å². The maximum Gasteiger partial charge on any atom is 0.0932 e. The minimum Gasteiger partial charge on any atom is -0.387 e. The Morgan fingerprint density at radius 1 is 1.46 bits per heavy atom. The van der Waals surface area contributed by atoms with Gasteiger partial charge in [-0.05, 0) is 32.0 Å². The fourth-order valence-corrected chi connectivity index (χ4v) is 1.39. The molecule has 1 unspecified atom stereocenters. The third kappa shape index (κ3) is 1.42. The molecule has 1 atom stereocenters. The van der Waals surface area contributed by atoms with Gasteiger partial charge in [0.1, 0.15) is 0 Å². The largest absolute Gasteiger partial charge is 0.387 e. The summed E-state index contributed by atoms with van der Waals surface area (Å²) in [5.41, 5.74) is 3.73. The lowest BCUT2D eigenvalue weighted by Gasteiger charge is -2.01. The minimum atomic E-state index is -0.500. The van der Waals surface area contributed by atoms with Crippen LogP contribution in [0.1, 0.15) is 24.4 Å². The van der Waals surface area contributed by atoms with Gasteiger partial charge in [0.05, 0.1) is 22.8 Å². The van der Waals surface area contributed by atoms with Crippen molar-refractivity contribution in [3.05, 3.63) is 29.6 Å². The third-order valence-electron chi connectivity index (χ3n) is 2.06. The van der Waals surface area contributed by atoms with Gasteiger partial charge in [0.15, 0.2) is 0 Å². The second-order valence-corrected chi connectivity index (χ2v) is 3.30. The van der Waals surface area contributed by atoms with Crippen LogP contribution >= 0.6 is 0 Å². The number of hydrogen-bond acceptors (Lipinski definition) is 2.